The van der Waals surface area contributed by atoms with Crippen molar-refractivity contribution in [3.8, 4) is 0 Å². The number of carbonyl (C=O) groups excluding carboxylic acids is 2. The number of hydrogen-bond acceptors (Lipinski definition) is 4. The van der Waals surface area contributed by atoms with Crippen LogP contribution in [0.5, 0.6) is 0 Å². The van der Waals surface area contributed by atoms with Crippen LogP contribution in [0, 0.1) is 5.82 Å². The number of benzene rings is 1. The number of rotatable bonds is 6. The molecule has 0 spiro atoms. The van der Waals surface area contributed by atoms with Gasteiger partial charge < -0.3 is 10.1 Å². The molecule has 2 aliphatic rings. The maximum atomic E-state index is 14.5. The summed E-state index contributed by atoms with van der Waals surface area (Å²) in [6.45, 7) is 6.54. The highest BCUT2D eigenvalue weighted by atomic mass is 19.1. The summed E-state index contributed by atoms with van der Waals surface area (Å²) in [5, 5.41) is 2.80. The predicted octanol–water partition coefficient (Wildman–Crippen LogP) is 3.22. The second kappa shape index (κ2) is 9.19. The van der Waals surface area contributed by atoms with Crippen LogP contribution in [-0.4, -0.2) is 54.6 Å². The fraction of sp³-hybridized carbons (Fsp3) is 0.524. The molecule has 0 bridgehead atoms. The van der Waals surface area contributed by atoms with Crippen molar-refractivity contribution in [2.24, 2.45) is 0 Å². The molecule has 0 radical (unpaired) electrons. The largest absolute Gasteiger partial charge is 0.463 e. The SMILES string of the molecule is CCOC(=O)C1=C(CN2CCCCC2)N(CC)C(=O)N[C@@H]1c1ccccc1F. The fourth-order valence-electron chi connectivity index (χ4n) is 3.93. The molecule has 6 nitrogen and oxygen atoms in total. The van der Waals surface area contributed by atoms with Gasteiger partial charge >= 0.3 is 12.0 Å². The number of carbonyl (C=O) groups is 2. The van der Waals surface area contributed by atoms with Gasteiger partial charge in [0.1, 0.15) is 5.82 Å². The standard InChI is InChI=1S/C21H28FN3O3/c1-3-25-17(14-24-12-8-5-9-13-24)18(20(26)28-4-2)19(23-21(25)27)15-10-6-7-11-16(15)22/h6-7,10-11,19H,3-5,8-9,12-14H2,1-2H3,(H,23,27)/t19-/m1/s1. The summed E-state index contributed by atoms with van der Waals surface area (Å²) < 4.78 is 19.8. The molecule has 28 heavy (non-hydrogen) atoms. The van der Waals surface area contributed by atoms with E-state index in [-0.39, 0.29) is 18.2 Å². The van der Waals surface area contributed by atoms with E-state index < -0.39 is 17.8 Å². The number of halogens is 1. The maximum absolute atomic E-state index is 14.5. The van der Waals surface area contributed by atoms with Crippen molar-refractivity contribution in [2.75, 3.05) is 32.8 Å². The monoisotopic (exact) mass is 389 g/mol. The topological polar surface area (TPSA) is 61.9 Å². The minimum atomic E-state index is -0.865. The molecule has 1 atom stereocenters. The van der Waals surface area contributed by atoms with Crippen molar-refractivity contribution in [3.63, 3.8) is 0 Å². The summed E-state index contributed by atoms with van der Waals surface area (Å²) in [7, 11) is 0. The molecule has 3 rings (SSSR count). The maximum Gasteiger partial charge on any atom is 0.338 e. The average Bonchev–Trinajstić information content (AvgIpc) is 2.69. The van der Waals surface area contributed by atoms with Gasteiger partial charge in [-0.2, -0.15) is 0 Å². The Morgan fingerprint density at radius 2 is 1.93 bits per heavy atom. The summed E-state index contributed by atoms with van der Waals surface area (Å²) in [4.78, 5) is 29.5. The molecule has 0 aliphatic carbocycles. The van der Waals surface area contributed by atoms with Crippen molar-refractivity contribution in [3.05, 3.63) is 46.9 Å². The van der Waals surface area contributed by atoms with E-state index in [2.05, 4.69) is 10.2 Å². The predicted molar refractivity (Wildman–Crippen MR) is 104 cm³/mol. The number of urea groups is 1. The number of nitrogens with zero attached hydrogens (tertiary/aromatic N) is 2. The Hall–Kier alpha value is -2.41. The summed E-state index contributed by atoms with van der Waals surface area (Å²) >= 11 is 0. The molecule has 0 unspecified atom stereocenters. The number of nitrogens with one attached hydrogen (secondary N) is 1. The summed E-state index contributed by atoms with van der Waals surface area (Å²) in [6, 6.07) is 5.03. The van der Waals surface area contributed by atoms with Crippen LogP contribution in [0.25, 0.3) is 0 Å². The number of likely N-dealkylation sites (N-methyl/N-ethyl adjacent to an activating group) is 1. The number of esters is 1. The highest BCUT2D eigenvalue weighted by Crippen LogP contribution is 2.33. The van der Waals surface area contributed by atoms with Gasteiger partial charge in [-0.1, -0.05) is 24.6 Å². The number of ether oxygens (including phenoxy) is 1. The van der Waals surface area contributed by atoms with Gasteiger partial charge in [-0.25, -0.2) is 14.0 Å². The molecule has 7 heteroatoms. The van der Waals surface area contributed by atoms with E-state index in [9.17, 15) is 14.0 Å². The van der Waals surface area contributed by atoms with E-state index in [0.29, 0.717) is 24.4 Å². The Balaban J connectivity index is 2.09. The van der Waals surface area contributed by atoms with Gasteiger partial charge in [0.05, 0.1) is 18.2 Å². The third-order valence-electron chi connectivity index (χ3n) is 5.29. The van der Waals surface area contributed by atoms with E-state index in [1.54, 1.807) is 30.0 Å². The van der Waals surface area contributed by atoms with Crippen LogP contribution < -0.4 is 5.32 Å². The summed E-state index contributed by atoms with van der Waals surface area (Å²) in [6.07, 6.45) is 3.38. The van der Waals surface area contributed by atoms with Crippen LogP contribution in [0.2, 0.25) is 0 Å². The lowest BCUT2D eigenvalue weighted by Gasteiger charge is -2.39. The molecular weight excluding hydrogens is 361 g/mol. The zero-order valence-electron chi connectivity index (χ0n) is 16.5. The van der Waals surface area contributed by atoms with Crippen molar-refractivity contribution < 1.29 is 18.7 Å². The lowest BCUT2D eigenvalue weighted by molar-refractivity contribution is -0.139. The molecule has 0 aromatic heterocycles. The number of amides is 2. The molecule has 1 fully saturated rings. The lowest BCUT2D eigenvalue weighted by Crippen LogP contribution is -2.51. The molecule has 2 aliphatic heterocycles. The average molecular weight is 389 g/mol. The van der Waals surface area contributed by atoms with Gasteiger partial charge in [0.25, 0.3) is 0 Å². The van der Waals surface area contributed by atoms with Crippen LogP contribution in [-0.2, 0) is 9.53 Å². The number of piperidine rings is 1. The van der Waals surface area contributed by atoms with Crippen LogP contribution in [0.4, 0.5) is 9.18 Å². The van der Waals surface area contributed by atoms with Gasteiger partial charge in [0, 0.05) is 24.4 Å². The normalized spacial score (nSPS) is 20.9. The number of likely N-dealkylation sites (tertiary alicyclic amines) is 1. The van der Waals surface area contributed by atoms with Crippen molar-refractivity contribution in [1.29, 1.82) is 0 Å². The lowest BCUT2D eigenvalue weighted by atomic mass is 9.93. The highest BCUT2D eigenvalue weighted by molar-refractivity contribution is 5.95. The molecule has 1 N–H and O–H groups in total. The first-order valence-corrected chi connectivity index (χ1v) is 10.0. The third-order valence-corrected chi connectivity index (χ3v) is 5.29. The molecular formula is C21H28FN3O3. The molecule has 152 valence electrons. The number of hydrogen-bond donors (Lipinski definition) is 1. The van der Waals surface area contributed by atoms with E-state index in [1.165, 1.54) is 12.5 Å². The Kier molecular flexibility index (Phi) is 6.67. The first-order valence-electron chi connectivity index (χ1n) is 10.0. The third kappa shape index (κ3) is 4.19. The second-order valence-corrected chi connectivity index (χ2v) is 7.07. The fourth-order valence-corrected chi connectivity index (χ4v) is 3.93. The van der Waals surface area contributed by atoms with Gasteiger partial charge in [-0.3, -0.25) is 9.80 Å². The quantitative estimate of drug-likeness (QED) is 0.759. The minimum absolute atomic E-state index is 0.212. The van der Waals surface area contributed by atoms with E-state index in [0.717, 1.165) is 25.9 Å². The molecule has 0 saturated carbocycles. The summed E-state index contributed by atoms with van der Waals surface area (Å²) in [5.41, 5.74) is 1.20. The smallest absolute Gasteiger partial charge is 0.338 e. The van der Waals surface area contributed by atoms with E-state index in [1.807, 2.05) is 6.92 Å². The van der Waals surface area contributed by atoms with E-state index >= 15 is 0 Å². The van der Waals surface area contributed by atoms with Gasteiger partial charge in [-0.05, 0) is 45.8 Å². The summed E-state index contributed by atoms with van der Waals surface area (Å²) in [5.74, 6) is -0.974. The van der Waals surface area contributed by atoms with Gasteiger partial charge in [-0.15, -0.1) is 0 Å². The first kappa shape index (κ1) is 20.3. The molecule has 1 aromatic carbocycles. The minimum Gasteiger partial charge on any atom is -0.463 e. The van der Waals surface area contributed by atoms with Gasteiger partial charge in [0.2, 0.25) is 0 Å². The van der Waals surface area contributed by atoms with Crippen LogP contribution in [0.15, 0.2) is 35.5 Å². The Morgan fingerprint density at radius 3 is 2.57 bits per heavy atom. The van der Waals surface area contributed by atoms with Crippen molar-refractivity contribution >= 4 is 12.0 Å². The zero-order chi connectivity index (χ0) is 20.1. The highest BCUT2D eigenvalue weighted by Gasteiger charge is 2.39. The Morgan fingerprint density at radius 1 is 1.21 bits per heavy atom. The Bertz CT molecular complexity index is 759. The molecule has 1 aromatic rings. The molecule has 2 amide bonds. The van der Waals surface area contributed by atoms with E-state index in [4.69, 9.17) is 4.74 Å². The van der Waals surface area contributed by atoms with Crippen LogP contribution in [0.3, 0.4) is 0 Å². The van der Waals surface area contributed by atoms with Crippen molar-refractivity contribution in [2.45, 2.75) is 39.2 Å². The Labute approximate surface area is 165 Å². The van der Waals surface area contributed by atoms with Crippen molar-refractivity contribution in [1.82, 2.24) is 15.1 Å². The second-order valence-electron chi connectivity index (χ2n) is 7.07. The molecule has 2 heterocycles. The zero-order valence-corrected chi connectivity index (χ0v) is 16.5. The van der Waals surface area contributed by atoms with Crippen LogP contribution in [0.1, 0.15) is 44.7 Å². The molecule has 1 saturated heterocycles. The first-order chi connectivity index (χ1) is 13.6. The van der Waals surface area contributed by atoms with Crippen LogP contribution >= 0.6 is 0 Å². The van der Waals surface area contributed by atoms with Gasteiger partial charge in [0.15, 0.2) is 0 Å².